The lowest BCUT2D eigenvalue weighted by Crippen LogP contribution is -2.30. The molecule has 6 heteroatoms. The summed E-state index contributed by atoms with van der Waals surface area (Å²) in [6, 6.07) is 0. The molecular formula is C10H11F3N2S. The molecule has 0 radical (unpaired) electrons. The van der Waals surface area contributed by atoms with Crippen LogP contribution < -0.4 is 4.90 Å². The van der Waals surface area contributed by atoms with Gasteiger partial charge >= 0.3 is 6.18 Å². The molecule has 1 saturated heterocycles. The maximum Gasteiger partial charge on any atom is 0.434 e. The summed E-state index contributed by atoms with van der Waals surface area (Å²) < 4.78 is 37.0. The first-order valence-electron chi connectivity index (χ1n) is 4.91. The molecule has 0 spiro atoms. The van der Waals surface area contributed by atoms with Crippen LogP contribution in [-0.4, -0.2) is 18.1 Å². The smallest absolute Gasteiger partial charge is 0.347 e. The van der Waals surface area contributed by atoms with Gasteiger partial charge in [0.05, 0.1) is 0 Å². The summed E-state index contributed by atoms with van der Waals surface area (Å²) in [6.07, 6.45) is -2.67. The van der Waals surface area contributed by atoms with E-state index in [1.165, 1.54) is 0 Å². The quantitative estimate of drug-likeness (QED) is 0.709. The molecule has 0 N–H and O–H groups in total. The number of alkyl halides is 3. The van der Waals surface area contributed by atoms with Crippen molar-refractivity contribution < 1.29 is 13.2 Å². The number of hydrogen-bond acceptors (Lipinski definition) is 3. The first kappa shape index (κ1) is 11.4. The number of aromatic nitrogens is 1. The number of thiazole rings is 1. The SMILES string of the molecule is C=C1CCN(c2nc(C(F)(F)F)cs2)CC1. The Morgan fingerprint density at radius 1 is 1.31 bits per heavy atom. The lowest BCUT2D eigenvalue weighted by atomic mass is 10.1. The van der Waals surface area contributed by atoms with Crippen LogP contribution in [0.5, 0.6) is 0 Å². The van der Waals surface area contributed by atoms with E-state index in [4.69, 9.17) is 0 Å². The Bertz CT molecular complexity index is 387. The van der Waals surface area contributed by atoms with Crippen LogP contribution in [0.3, 0.4) is 0 Å². The van der Waals surface area contributed by atoms with Crippen LogP contribution in [0.1, 0.15) is 18.5 Å². The Hall–Kier alpha value is -1.04. The van der Waals surface area contributed by atoms with Crippen LogP contribution in [0.15, 0.2) is 17.5 Å². The largest absolute Gasteiger partial charge is 0.434 e. The average molecular weight is 248 g/mol. The molecule has 0 saturated carbocycles. The van der Waals surface area contributed by atoms with Gasteiger partial charge in [0.25, 0.3) is 0 Å². The molecular weight excluding hydrogens is 237 g/mol. The van der Waals surface area contributed by atoms with Gasteiger partial charge in [-0.25, -0.2) is 4.98 Å². The molecule has 0 unspecified atom stereocenters. The van der Waals surface area contributed by atoms with Gasteiger partial charge in [0.2, 0.25) is 0 Å². The van der Waals surface area contributed by atoms with Crippen LogP contribution >= 0.6 is 11.3 Å². The summed E-state index contributed by atoms with van der Waals surface area (Å²) in [5.41, 5.74) is 0.362. The summed E-state index contributed by atoms with van der Waals surface area (Å²) in [4.78, 5) is 5.50. The summed E-state index contributed by atoms with van der Waals surface area (Å²) in [6.45, 7) is 5.29. The number of piperidine rings is 1. The maximum absolute atomic E-state index is 12.3. The van der Waals surface area contributed by atoms with Gasteiger partial charge in [-0.2, -0.15) is 13.2 Å². The van der Waals surface area contributed by atoms with Crippen LogP contribution in [0.25, 0.3) is 0 Å². The van der Waals surface area contributed by atoms with E-state index in [0.717, 1.165) is 35.1 Å². The second-order valence-electron chi connectivity index (χ2n) is 3.75. The van der Waals surface area contributed by atoms with Gasteiger partial charge < -0.3 is 4.90 Å². The minimum atomic E-state index is -4.34. The van der Waals surface area contributed by atoms with Gasteiger partial charge in [-0.05, 0) is 12.8 Å². The lowest BCUT2D eigenvalue weighted by molar-refractivity contribution is -0.140. The van der Waals surface area contributed by atoms with E-state index in [-0.39, 0.29) is 0 Å². The highest BCUT2D eigenvalue weighted by atomic mass is 32.1. The predicted molar refractivity (Wildman–Crippen MR) is 57.7 cm³/mol. The average Bonchev–Trinajstić information content (AvgIpc) is 2.67. The fourth-order valence-corrected chi connectivity index (χ4v) is 2.44. The van der Waals surface area contributed by atoms with Crippen molar-refractivity contribution >= 4 is 16.5 Å². The molecule has 2 nitrogen and oxygen atoms in total. The van der Waals surface area contributed by atoms with E-state index in [9.17, 15) is 13.2 Å². The van der Waals surface area contributed by atoms with Gasteiger partial charge in [0.1, 0.15) is 0 Å². The number of anilines is 1. The van der Waals surface area contributed by atoms with Crippen molar-refractivity contribution in [2.24, 2.45) is 0 Å². The zero-order chi connectivity index (χ0) is 11.8. The molecule has 0 aromatic carbocycles. The number of rotatable bonds is 1. The highest BCUT2D eigenvalue weighted by molar-refractivity contribution is 7.13. The topological polar surface area (TPSA) is 16.1 Å². The van der Waals surface area contributed by atoms with E-state index >= 15 is 0 Å². The van der Waals surface area contributed by atoms with Crippen molar-refractivity contribution in [3.05, 3.63) is 23.2 Å². The van der Waals surface area contributed by atoms with Crippen LogP contribution in [-0.2, 0) is 6.18 Å². The Morgan fingerprint density at radius 3 is 2.44 bits per heavy atom. The molecule has 1 fully saturated rings. The van der Waals surface area contributed by atoms with Crippen molar-refractivity contribution in [2.75, 3.05) is 18.0 Å². The molecule has 1 aliphatic rings. The first-order valence-corrected chi connectivity index (χ1v) is 5.79. The number of halogens is 3. The van der Waals surface area contributed by atoms with Gasteiger partial charge in [0.15, 0.2) is 10.8 Å². The monoisotopic (exact) mass is 248 g/mol. The van der Waals surface area contributed by atoms with Crippen molar-refractivity contribution in [1.29, 1.82) is 0 Å². The third-order valence-electron chi connectivity index (χ3n) is 2.52. The highest BCUT2D eigenvalue weighted by Gasteiger charge is 2.34. The van der Waals surface area contributed by atoms with Crippen molar-refractivity contribution in [1.82, 2.24) is 4.98 Å². The molecule has 0 aliphatic carbocycles. The molecule has 88 valence electrons. The lowest BCUT2D eigenvalue weighted by Gasteiger charge is -2.27. The Balaban J connectivity index is 2.10. The molecule has 0 bridgehead atoms. The molecule has 1 aliphatic heterocycles. The number of hydrogen-bond donors (Lipinski definition) is 0. The predicted octanol–water partition coefficient (Wildman–Crippen LogP) is 3.32. The molecule has 16 heavy (non-hydrogen) atoms. The zero-order valence-electron chi connectivity index (χ0n) is 8.55. The van der Waals surface area contributed by atoms with Crippen molar-refractivity contribution in [3.8, 4) is 0 Å². The fourth-order valence-electron chi connectivity index (χ4n) is 1.55. The maximum atomic E-state index is 12.3. The molecule has 0 atom stereocenters. The standard InChI is InChI=1S/C10H11F3N2S/c1-7-2-4-15(5-3-7)9-14-8(6-16-9)10(11,12)13/h6H,1-5H2. The number of nitrogens with zero attached hydrogens (tertiary/aromatic N) is 2. The third kappa shape index (κ3) is 2.37. The summed E-state index contributed by atoms with van der Waals surface area (Å²) in [5.74, 6) is 0. The Morgan fingerprint density at radius 2 is 1.94 bits per heavy atom. The van der Waals surface area contributed by atoms with Gasteiger partial charge in [-0.1, -0.05) is 12.2 Å². The zero-order valence-corrected chi connectivity index (χ0v) is 9.37. The molecule has 0 amide bonds. The van der Waals surface area contributed by atoms with Gasteiger partial charge in [-0.15, -0.1) is 11.3 Å². The van der Waals surface area contributed by atoms with Crippen molar-refractivity contribution in [2.45, 2.75) is 19.0 Å². The summed E-state index contributed by atoms with van der Waals surface area (Å²) >= 11 is 1.05. The summed E-state index contributed by atoms with van der Waals surface area (Å²) in [5, 5.41) is 1.53. The van der Waals surface area contributed by atoms with Gasteiger partial charge in [-0.3, -0.25) is 0 Å². The Kier molecular flexibility index (Phi) is 2.92. The third-order valence-corrected chi connectivity index (χ3v) is 3.42. The van der Waals surface area contributed by atoms with Gasteiger partial charge in [0, 0.05) is 18.5 Å². The Labute approximate surface area is 95.4 Å². The van der Waals surface area contributed by atoms with E-state index in [1.54, 1.807) is 0 Å². The van der Waals surface area contributed by atoms with E-state index in [1.807, 2.05) is 4.90 Å². The molecule has 2 rings (SSSR count). The van der Waals surface area contributed by atoms with Crippen molar-refractivity contribution in [3.63, 3.8) is 0 Å². The second kappa shape index (κ2) is 4.08. The van der Waals surface area contributed by atoms with Crippen LogP contribution in [0.4, 0.5) is 18.3 Å². The minimum absolute atomic E-state index is 0.458. The van der Waals surface area contributed by atoms with E-state index in [2.05, 4.69) is 11.6 Å². The first-order chi connectivity index (χ1) is 7.47. The summed E-state index contributed by atoms with van der Waals surface area (Å²) in [7, 11) is 0. The molecule has 2 heterocycles. The van der Waals surface area contributed by atoms with Crippen LogP contribution in [0, 0.1) is 0 Å². The van der Waals surface area contributed by atoms with E-state index in [0.29, 0.717) is 18.2 Å². The normalized spacial score (nSPS) is 17.9. The second-order valence-corrected chi connectivity index (χ2v) is 4.59. The highest BCUT2D eigenvalue weighted by Crippen LogP contribution is 2.33. The van der Waals surface area contributed by atoms with E-state index < -0.39 is 11.9 Å². The minimum Gasteiger partial charge on any atom is -0.347 e. The molecule has 1 aromatic rings. The molecule has 1 aromatic heterocycles. The fraction of sp³-hybridized carbons (Fsp3) is 0.500. The van der Waals surface area contributed by atoms with Crippen LogP contribution in [0.2, 0.25) is 0 Å².